The molecule has 0 spiro atoms. The van der Waals surface area contributed by atoms with Crippen LogP contribution in [0.25, 0.3) is 0 Å². The molecule has 0 amide bonds. The maximum atomic E-state index is 4.89. The van der Waals surface area contributed by atoms with Crippen LogP contribution < -0.4 is 0 Å². The predicted octanol–water partition coefficient (Wildman–Crippen LogP) is 6.76. The average Bonchev–Trinajstić information content (AvgIpc) is 2.60. The number of aryl methyl sites for hydroxylation is 2. The molecule has 0 bridgehead atoms. The number of hydrogen-bond acceptors (Lipinski definition) is 2. The van der Waals surface area contributed by atoms with Gasteiger partial charge in [0.05, 0.1) is 0 Å². The Bertz CT molecular complexity index is 461. The topological polar surface area (TPSA) is 25.8 Å². The van der Waals surface area contributed by atoms with Crippen LogP contribution in [0, 0.1) is 12.8 Å². The Labute approximate surface area is 149 Å². The first-order valence-corrected chi connectivity index (χ1v) is 10.6. The molecule has 1 aromatic heterocycles. The minimum absolute atomic E-state index is 0.611. The lowest BCUT2D eigenvalue weighted by Crippen LogP contribution is -2.16. The summed E-state index contributed by atoms with van der Waals surface area (Å²) in [5.41, 5.74) is 2.60. The molecular formula is C22H38N2. The van der Waals surface area contributed by atoms with Gasteiger partial charge in [-0.3, -0.25) is 0 Å². The Morgan fingerprint density at radius 3 is 2.29 bits per heavy atom. The second kappa shape index (κ2) is 10.8. The predicted molar refractivity (Wildman–Crippen MR) is 103 cm³/mol. The number of rotatable bonds is 10. The molecule has 1 saturated carbocycles. The molecule has 0 aromatic carbocycles. The van der Waals surface area contributed by atoms with Gasteiger partial charge < -0.3 is 0 Å². The minimum atomic E-state index is 0.611. The fourth-order valence-corrected chi connectivity index (χ4v) is 4.17. The van der Waals surface area contributed by atoms with Gasteiger partial charge in [-0.1, -0.05) is 58.8 Å². The van der Waals surface area contributed by atoms with Crippen LogP contribution in [0.4, 0.5) is 0 Å². The third-order valence-electron chi connectivity index (χ3n) is 5.81. The van der Waals surface area contributed by atoms with Gasteiger partial charge in [-0.25, -0.2) is 9.97 Å². The summed E-state index contributed by atoms with van der Waals surface area (Å²) in [6.07, 6.45) is 19.5. The van der Waals surface area contributed by atoms with Crippen LogP contribution in [0.1, 0.15) is 114 Å². The van der Waals surface area contributed by atoms with Crippen molar-refractivity contribution in [3.63, 3.8) is 0 Å². The van der Waals surface area contributed by atoms with E-state index in [-0.39, 0.29) is 0 Å². The number of unbranched alkanes of at least 4 members (excludes halogenated alkanes) is 5. The van der Waals surface area contributed by atoms with E-state index in [4.69, 9.17) is 9.97 Å². The Morgan fingerprint density at radius 2 is 1.62 bits per heavy atom. The summed E-state index contributed by atoms with van der Waals surface area (Å²) in [4.78, 5) is 9.64. The molecule has 1 aliphatic carbocycles. The van der Waals surface area contributed by atoms with Crippen LogP contribution in [0.5, 0.6) is 0 Å². The first-order valence-electron chi connectivity index (χ1n) is 10.6. The van der Waals surface area contributed by atoms with E-state index >= 15 is 0 Å². The zero-order valence-corrected chi connectivity index (χ0v) is 16.3. The van der Waals surface area contributed by atoms with Gasteiger partial charge in [0.2, 0.25) is 0 Å². The molecule has 1 heterocycles. The SMILES string of the molecule is CCCCCCCCc1cnc([C@H]2CC[C@H](CCC)CC2)nc1C. The van der Waals surface area contributed by atoms with E-state index in [1.807, 2.05) is 0 Å². The molecule has 2 rings (SSSR count). The monoisotopic (exact) mass is 330 g/mol. The second-order valence-electron chi connectivity index (χ2n) is 7.86. The van der Waals surface area contributed by atoms with Gasteiger partial charge in [0, 0.05) is 17.8 Å². The van der Waals surface area contributed by atoms with Gasteiger partial charge in [-0.15, -0.1) is 0 Å². The van der Waals surface area contributed by atoms with Crippen molar-refractivity contribution in [1.29, 1.82) is 0 Å². The second-order valence-corrected chi connectivity index (χ2v) is 7.86. The van der Waals surface area contributed by atoms with Crippen molar-refractivity contribution < 1.29 is 0 Å². The van der Waals surface area contributed by atoms with Gasteiger partial charge in [0.15, 0.2) is 0 Å². The van der Waals surface area contributed by atoms with Gasteiger partial charge in [-0.05, 0) is 56.9 Å². The van der Waals surface area contributed by atoms with E-state index in [1.54, 1.807) is 0 Å². The first kappa shape index (κ1) is 19.4. The van der Waals surface area contributed by atoms with Gasteiger partial charge in [0.1, 0.15) is 5.82 Å². The average molecular weight is 331 g/mol. The van der Waals surface area contributed by atoms with E-state index < -0.39 is 0 Å². The van der Waals surface area contributed by atoms with Crippen LogP contribution in [0.3, 0.4) is 0 Å². The highest BCUT2D eigenvalue weighted by atomic mass is 14.9. The molecule has 0 N–H and O–H groups in total. The van der Waals surface area contributed by atoms with Crippen molar-refractivity contribution in [2.24, 2.45) is 5.92 Å². The summed E-state index contributed by atoms with van der Waals surface area (Å²) in [5, 5.41) is 0. The highest BCUT2D eigenvalue weighted by Gasteiger charge is 2.23. The van der Waals surface area contributed by atoms with Crippen LogP contribution in [-0.4, -0.2) is 9.97 Å². The highest BCUT2D eigenvalue weighted by Crippen LogP contribution is 2.36. The summed E-state index contributed by atoms with van der Waals surface area (Å²) in [7, 11) is 0. The lowest BCUT2D eigenvalue weighted by Gasteiger charge is -2.27. The third kappa shape index (κ3) is 6.18. The zero-order chi connectivity index (χ0) is 17.2. The molecule has 136 valence electrons. The molecule has 0 saturated heterocycles. The molecule has 1 aromatic rings. The molecule has 2 heteroatoms. The fourth-order valence-electron chi connectivity index (χ4n) is 4.17. The quantitative estimate of drug-likeness (QED) is 0.443. The molecule has 0 radical (unpaired) electrons. The number of nitrogens with zero attached hydrogens (tertiary/aromatic N) is 2. The lowest BCUT2D eigenvalue weighted by atomic mass is 9.79. The molecular weight excluding hydrogens is 292 g/mol. The summed E-state index contributed by atoms with van der Waals surface area (Å²) in [6.45, 7) is 6.76. The fraction of sp³-hybridized carbons (Fsp3) is 0.818. The van der Waals surface area contributed by atoms with E-state index in [0.717, 1.165) is 18.2 Å². The van der Waals surface area contributed by atoms with Gasteiger partial charge >= 0.3 is 0 Å². The standard InChI is InChI=1S/C22H38N2/c1-4-6-7-8-9-10-12-21-17-23-22(24-18(21)3)20-15-13-19(11-5-2)14-16-20/h17,19-20H,4-16H2,1-3H3/t19-,20-. The lowest BCUT2D eigenvalue weighted by molar-refractivity contribution is 0.302. The maximum absolute atomic E-state index is 4.89. The molecule has 2 nitrogen and oxygen atoms in total. The van der Waals surface area contributed by atoms with Crippen LogP contribution in [0.2, 0.25) is 0 Å². The van der Waals surface area contributed by atoms with E-state index in [1.165, 1.54) is 88.3 Å². The largest absolute Gasteiger partial charge is 0.241 e. The van der Waals surface area contributed by atoms with Crippen molar-refractivity contribution in [2.75, 3.05) is 0 Å². The molecule has 0 unspecified atom stereocenters. The van der Waals surface area contributed by atoms with Crippen molar-refractivity contribution in [1.82, 2.24) is 9.97 Å². The smallest absolute Gasteiger partial charge is 0.131 e. The molecule has 1 fully saturated rings. The maximum Gasteiger partial charge on any atom is 0.131 e. The number of aromatic nitrogens is 2. The third-order valence-corrected chi connectivity index (χ3v) is 5.81. The van der Waals surface area contributed by atoms with Crippen molar-refractivity contribution in [3.05, 3.63) is 23.3 Å². The normalized spacial score (nSPS) is 21.1. The highest BCUT2D eigenvalue weighted by molar-refractivity contribution is 5.17. The summed E-state index contributed by atoms with van der Waals surface area (Å²) >= 11 is 0. The Hall–Kier alpha value is -0.920. The van der Waals surface area contributed by atoms with E-state index in [2.05, 4.69) is 27.0 Å². The van der Waals surface area contributed by atoms with Crippen LogP contribution in [0.15, 0.2) is 6.20 Å². The summed E-state index contributed by atoms with van der Waals surface area (Å²) in [6, 6.07) is 0. The van der Waals surface area contributed by atoms with Crippen molar-refractivity contribution in [3.8, 4) is 0 Å². The molecule has 0 aliphatic heterocycles. The first-order chi connectivity index (χ1) is 11.7. The minimum Gasteiger partial charge on any atom is -0.241 e. The molecule has 0 atom stereocenters. The van der Waals surface area contributed by atoms with Crippen LogP contribution >= 0.6 is 0 Å². The molecule has 24 heavy (non-hydrogen) atoms. The van der Waals surface area contributed by atoms with E-state index in [0.29, 0.717) is 5.92 Å². The van der Waals surface area contributed by atoms with Crippen molar-refractivity contribution >= 4 is 0 Å². The van der Waals surface area contributed by atoms with Gasteiger partial charge in [0.25, 0.3) is 0 Å². The van der Waals surface area contributed by atoms with Gasteiger partial charge in [-0.2, -0.15) is 0 Å². The number of hydrogen-bond donors (Lipinski definition) is 0. The summed E-state index contributed by atoms with van der Waals surface area (Å²) in [5.74, 6) is 2.69. The Morgan fingerprint density at radius 1 is 0.917 bits per heavy atom. The molecule has 1 aliphatic rings. The van der Waals surface area contributed by atoms with E-state index in [9.17, 15) is 0 Å². The van der Waals surface area contributed by atoms with Crippen LogP contribution in [-0.2, 0) is 6.42 Å². The zero-order valence-electron chi connectivity index (χ0n) is 16.3. The Balaban J connectivity index is 1.77. The van der Waals surface area contributed by atoms with Crippen molar-refractivity contribution in [2.45, 2.75) is 110 Å². The summed E-state index contributed by atoms with van der Waals surface area (Å²) < 4.78 is 0. The Kier molecular flexibility index (Phi) is 8.77.